The second kappa shape index (κ2) is 6.39. The monoisotopic (exact) mass is 321 g/mol. The molecule has 0 aromatic heterocycles. The molecule has 1 aliphatic heterocycles. The first-order valence-corrected chi connectivity index (χ1v) is 8.64. The van der Waals surface area contributed by atoms with Crippen LogP contribution in [0.1, 0.15) is 24.5 Å². The summed E-state index contributed by atoms with van der Waals surface area (Å²) >= 11 is 5.88. The molecule has 0 aliphatic carbocycles. The van der Waals surface area contributed by atoms with Crippen molar-refractivity contribution >= 4 is 21.4 Å². The standard InChI is InChI=1S/C13H17ClFNO3S/c14-12-7-9(15)1-2-11(12)13(17)8-16-10-3-5-20(18,19)6-4-10/h1-2,7,10,13,16-17H,3-6,8H2. The molecule has 1 saturated heterocycles. The SMILES string of the molecule is O=S1(=O)CCC(NCC(O)c2ccc(F)cc2Cl)CC1. The van der Waals surface area contributed by atoms with Crippen LogP contribution < -0.4 is 5.32 Å². The number of nitrogens with one attached hydrogen (secondary N) is 1. The van der Waals surface area contributed by atoms with E-state index in [1.165, 1.54) is 12.1 Å². The molecule has 1 heterocycles. The lowest BCUT2D eigenvalue weighted by molar-refractivity contribution is 0.168. The molecule has 2 rings (SSSR count). The molecule has 0 amide bonds. The van der Waals surface area contributed by atoms with Gasteiger partial charge >= 0.3 is 0 Å². The first-order valence-electron chi connectivity index (χ1n) is 6.44. The fourth-order valence-corrected chi connectivity index (χ4v) is 4.04. The minimum absolute atomic E-state index is 0.0763. The highest BCUT2D eigenvalue weighted by Crippen LogP contribution is 2.24. The van der Waals surface area contributed by atoms with Gasteiger partial charge in [0.1, 0.15) is 15.7 Å². The van der Waals surface area contributed by atoms with Gasteiger partial charge in [0.05, 0.1) is 17.6 Å². The van der Waals surface area contributed by atoms with Crippen LogP contribution in [0.4, 0.5) is 4.39 Å². The number of rotatable bonds is 4. The third-order valence-corrected chi connectivity index (χ3v) is 5.52. The van der Waals surface area contributed by atoms with Crippen LogP contribution in [-0.4, -0.2) is 37.6 Å². The van der Waals surface area contributed by atoms with Gasteiger partial charge in [-0.2, -0.15) is 0 Å². The molecule has 1 aromatic rings. The minimum atomic E-state index is -2.88. The molecule has 4 nitrogen and oxygen atoms in total. The smallest absolute Gasteiger partial charge is 0.150 e. The molecular formula is C13H17ClFNO3S. The Labute approximate surface area is 122 Å². The lowest BCUT2D eigenvalue weighted by Gasteiger charge is -2.24. The van der Waals surface area contributed by atoms with Gasteiger partial charge in [0.2, 0.25) is 0 Å². The Hall–Kier alpha value is -0.690. The molecule has 7 heteroatoms. The Morgan fingerprint density at radius 1 is 1.40 bits per heavy atom. The normalized spacial score (nSPS) is 20.8. The number of hydrogen-bond donors (Lipinski definition) is 2. The largest absolute Gasteiger partial charge is 0.387 e. The van der Waals surface area contributed by atoms with Crippen LogP contribution in [0.2, 0.25) is 5.02 Å². The zero-order valence-electron chi connectivity index (χ0n) is 10.9. The molecule has 0 saturated carbocycles. The highest BCUT2D eigenvalue weighted by atomic mass is 35.5. The molecule has 2 N–H and O–H groups in total. The summed E-state index contributed by atoms with van der Waals surface area (Å²) in [6, 6.07) is 3.94. The molecule has 1 unspecified atom stereocenters. The van der Waals surface area contributed by atoms with E-state index in [0.29, 0.717) is 18.4 Å². The first-order chi connectivity index (χ1) is 9.37. The summed E-state index contributed by atoms with van der Waals surface area (Å²) in [6.07, 6.45) is 0.250. The van der Waals surface area contributed by atoms with Gasteiger partial charge in [-0.15, -0.1) is 0 Å². The average molecular weight is 322 g/mol. The quantitative estimate of drug-likeness (QED) is 0.885. The number of benzene rings is 1. The Balaban J connectivity index is 1.88. The highest BCUT2D eigenvalue weighted by Gasteiger charge is 2.24. The fourth-order valence-electron chi connectivity index (χ4n) is 2.25. The predicted molar refractivity (Wildman–Crippen MR) is 76.0 cm³/mol. The summed E-state index contributed by atoms with van der Waals surface area (Å²) in [7, 11) is -2.88. The molecule has 1 fully saturated rings. The van der Waals surface area contributed by atoms with Gasteiger partial charge in [-0.25, -0.2) is 12.8 Å². The Kier molecular flexibility index (Phi) is 5.01. The number of hydrogen-bond acceptors (Lipinski definition) is 4. The van der Waals surface area contributed by atoms with Gasteiger partial charge in [0.15, 0.2) is 0 Å². The molecule has 0 bridgehead atoms. The molecule has 0 spiro atoms. The van der Waals surface area contributed by atoms with E-state index in [1.807, 2.05) is 0 Å². The van der Waals surface area contributed by atoms with Crippen LogP contribution in [0, 0.1) is 5.82 Å². The third kappa shape index (κ3) is 4.15. The Morgan fingerprint density at radius 2 is 2.05 bits per heavy atom. The van der Waals surface area contributed by atoms with Crippen molar-refractivity contribution in [3.05, 3.63) is 34.6 Å². The molecule has 1 atom stereocenters. The number of aliphatic hydroxyl groups excluding tert-OH is 1. The summed E-state index contributed by atoms with van der Waals surface area (Å²) in [6.45, 7) is 0.260. The van der Waals surface area contributed by atoms with Crippen LogP contribution in [0.3, 0.4) is 0 Å². The van der Waals surface area contributed by atoms with Crippen LogP contribution >= 0.6 is 11.6 Å². The second-order valence-electron chi connectivity index (χ2n) is 5.02. The lowest BCUT2D eigenvalue weighted by atomic mass is 10.1. The van der Waals surface area contributed by atoms with Crippen LogP contribution in [-0.2, 0) is 9.84 Å². The van der Waals surface area contributed by atoms with Gasteiger partial charge in [0.25, 0.3) is 0 Å². The van der Waals surface area contributed by atoms with Crippen molar-refractivity contribution in [3.63, 3.8) is 0 Å². The maximum absolute atomic E-state index is 12.9. The topological polar surface area (TPSA) is 66.4 Å². The lowest BCUT2D eigenvalue weighted by Crippen LogP contribution is -2.39. The average Bonchev–Trinajstić information content (AvgIpc) is 2.37. The third-order valence-electron chi connectivity index (χ3n) is 3.48. The number of halogens is 2. The summed E-state index contributed by atoms with van der Waals surface area (Å²) in [5.41, 5.74) is 0.462. The van der Waals surface area contributed by atoms with E-state index < -0.39 is 21.8 Å². The first kappa shape index (κ1) is 15.7. The van der Waals surface area contributed by atoms with Crippen LogP contribution in [0.15, 0.2) is 18.2 Å². The van der Waals surface area contributed by atoms with E-state index in [9.17, 15) is 17.9 Å². The molecule has 112 valence electrons. The van der Waals surface area contributed by atoms with Crippen molar-refractivity contribution in [2.24, 2.45) is 0 Å². The highest BCUT2D eigenvalue weighted by molar-refractivity contribution is 7.91. The zero-order valence-corrected chi connectivity index (χ0v) is 12.4. The van der Waals surface area contributed by atoms with Gasteiger partial charge in [-0.3, -0.25) is 0 Å². The molecule has 0 radical (unpaired) electrons. The molecule has 20 heavy (non-hydrogen) atoms. The van der Waals surface area contributed by atoms with E-state index in [-0.39, 0.29) is 29.1 Å². The summed E-state index contributed by atoms with van der Waals surface area (Å²) in [5.74, 6) is -0.0905. The summed E-state index contributed by atoms with van der Waals surface area (Å²) in [4.78, 5) is 0. The van der Waals surface area contributed by atoms with Gasteiger partial charge < -0.3 is 10.4 Å². The molecular weight excluding hydrogens is 305 g/mol. The predicted octanol–water partition coefficient (Wildman–Crippen LogP) is 1.68. The van der Waals surface area contributed by atoms with Crippen molar-refractivity contribution in [3.8, 4) is 0 Å². The second-order valence-corrected chi connectivity index (χ2v) is 7.73. The minimum Gasteiger partial charge on any atom is -0.387 e. The van der Waals surface area contributed by atoms with E-state index in [4.69, 9.17) is 11.6 Å². The maximum atomic E-state index is 12.9. The van der Waals surface area contributed by atoms with Crippen molar-refractivity contribution < 1.29 is 17.9 Å². The Morgan fingerprint density at radius 3 is 2.65 bits per heavy atom. The Bertz CT molecular complexity index is 565. The zero-order chi connectivity index (χ0) is 14.8. The van der Waals surface area contributed by atoms with Gasteiger partial charge in [-0.1, -0.05) is 17.7 Å². The van der Waals surface area contributed by atoms with Gasteiger partial charge in [-0.05, 0) is 25.0 Å². The fraction of sp³-hybridized carbons (Fsp3) is 0.538. The van der Waals surface area contributed by atoms with E-state index in [1.54, 1.807) is 0 Å². The van der Waals surface area contributed by atoms with E-state index >= 15 is 0 Å². The number of aliphatic hydroxyl groups is 1. The van der Waals surface area contributed by atoms with Crippen molar-refractivity contribution in [1.82, 2.24) is 5.32 Å². The summed E-state index contributed by atoms with van der Waals surface area (Å²) < 4.78 is 35.5. The molecule has 1 aromatic carbocycles. The van der Waals surface area contributed by atoms with E-state index in [0.717, 1.165) is 6.07 Å². The van der Waals surface area contributed by atoms with Crippen LogP contribution in [0.5, 0.6) is 0 Å². The van der Waals surface area contributed by atoms with Crippen molar-refractivity contribution in [2.45, 2.75) is 25.0 Å². The van der Waals surface area contributed by atoms with Crippen molar-refractivity contribution in [1.29, 1.82) is 0 Å². The van der Waals surface area contributed by atoms with E-state index in [2.05, 4.69) is 5.32 Å². The van der Waals surface area contributed by atoms with Gasteiger partial charge in [0, 0.05) is 23.2 Å². The summed E-state index contributed by atoms with van der Waals surface area (Å²) in [5, 5.41) is 13.4. The molecule has 1 aliphatic rings. The van der Waals surface area contributed by atoms with Crippen LogP contribution in [0.25, 0.3) is 0 Å². The number of sulfone groups is 1. The maximum Gasteiger partial charge on any atom is 0.150 e. The van der Waals surface area contributed by atoms with Crippen molar-refractivity contribution in [2.75, 3.05) is 18.1 Å².